The van der Waals surface area contributed by atoms with Gasteiger partial charge < -0.3 is 15.6 Å². The van der Waals surface area contributed by atoms with Gasteiger partial charge in [0, 0.05) is 39.8 Å². The maximum Gasteiger partial charge on any atom is 0.227 e. The SMILES string of the molecule is O=C(Nc1ccc(-c2cc3cc(NC(=O)C4CCCCCC4)ccc3[nH]2)cc1)C1CCCCCC1. The monoisotopic (exact) mass is 471 g/mol. The van der Waals surface area contributed by atoms with E-state index in [1.807, 2.05) is 42.5 Å². The molecule has 5 nitrogen and oxygen atoms in total. The number of anilines is 2. The fourth-order valence-electron chi connectivity index (χ4n) is 5.67. The van der Waals surface area contributed by atoms with E-state index in [0.29, 0.717) is 0 Å². The number of hydrogen-bond donors (Lipinski definition) is 3. The van der Waals surface area contributed by atoms with Crippen molar-refractivity contribution in [3.63, 3.8) is 0 Å². The number of H-pyrrole nitrogens is 1. The lowest BCUT2D eigenvalue weighted by atomic mass is 9.99. The first-order valence-corrected chi connectivity index (χ1v) is 13.5. The summed E-state index contributed by atoms with van der Waals surface area (Å²) in [6.45, 7) is 0. The van der Waals surface area contributed by atoms with Crippen LogP contribution in [0.5, 0.6) is 0 Å². The number of benzene rings is 2. The minimum Gasteiger partial charge on any atom is -0.355 e. The number of carbonyl (C=O) groups excluding carboxylic acids is 2. The van der Waals surface area contributed by atoms with E-state index in [1.54, 1.807) is 0 Å². The van der Waals surface area contributed by atoms with Crippen molar-refractivity contribution >= 4 is 34.1 Å². The van der Waals surface area contributed by atoms with Gasteiger partial charge in [0.1, 0.15) is 0 Å². The van der Waals surface area contributed by atoms with Crippen molar-refractivity contribution in [3.8, 4) is 11.3 Å². The predicted octanol–water partition coefficient (Wildman–Crippen LogP) is 7.65. The van der Waals surface area contributed by atoms with Gasteiger partial charge in [-0.3, -0.25) is 9.59 Å². The molecule has 0 spiro atoms. The van der Waals surface area contributed by atoms with Gasteiger partial charge in [0.15, 0.2) is 0 Å². The summed E-state index contributed by atoms with van der Waals surface area (Å²) in [5.41, 5.74) is 4.83. The lowest BCUT2D eigenvalue weighted by Gasteiger charge is -2.14. The first-order valence-electron chi connectivity index (χ1n) is 13.5. The molecule has 5 heteroatoms. The number of rotatable bonds is 5. The third kappa shape index (κ3) is 5.95. The molecule has 1 heterocycles. The van der Waals surface area contributed by atoms with E-state index in [4.69, 9.17) is 0 Å². The molecule has 0 radical (unpaired) electrons. The lowest BCUT2D eigenvalue weighted by Crippen LogP contribution is -2.22. The van der Waals surface area contributed by atoms with Crippen molar-refractivity contribution in [2.24, 2.45) is 11.8 Å². The highest BCUT2D eigenvalue weighted by atomic mass is 16.2. The number of nitrogens with one attached hydrogen (secondary N) is 3. The van der Waals surface area contributed by atoms with Crippen molar-refractivity contribution in [2.75, 3.05) is 10.6 Å². The third-order valence-electron chi connectivity index (χ3n) is 7.80. The molecular weight excluding hydrogens is 434 g/mol. The second kappa shape index (κ2) is 11.1. The van der Waals surface area contributed by atoms with Crippen LogP contribution in [0.4, 0.5) is 11.4 Å². The quantitative estimate of drug-likeness (QED) is 0.334. The highest BCUT2D eigenvalue weighted by Crippen LogP contribution is 2.29. The minimum absolute atomic E-state index is 0.136. The topological polar surface area (TPSA) is 74.0 Å². The van der Waals surface area contributed by atoms with Gasteiger partial charge in [0.25, 0.3) is 0 Å². The second-order valence-corrected chi connectivity index (χ2v) is 10.4. The van der Waals surface area contributed by atoms with E-state index in [2.05, 4.69) is 21.7 Å². The molecule has 35 heavy (non-hydrogen) atoms. The van der Waals surface area contributed by atoms with Gasteiger partial charge in [0.2, 0.25) is 11.8 Å². The predicted molar refractivity (Wildman–Crippen MR) is 143 cm³/mol. The van der Waals surface area contributed by atoms with Crippen LogP contribution in [-0.2, 0) is 9.59 Å². The fraction of sp³-hybridized carbons (Fsp3) is 0.467. The molecule has 3 N–H and O–H groups in total. The zero-order chi connectivity index (χ0) is 24.0. The van der Waals surface area contributed by atoms with Crippen LogP contribution in [0.25, 0.3) is 22.2 Å². The van der Waals surface area contributed by atoms with Crippen LogP contribution in [0.15, 0.2) is 48.5 Å². The first-order chi connectivity index (χ1) is 17.2. The fourth-order valence-corrected chi connectivity index (χ4v) is 5.67. The highest BCUT2D eigenvalue weighted by molar-refractivity contribution is 5.96. The van der Waals surface area contributed by atoms with Crippen LogP contribution in [-0.4, -0.2) is 16.8 Å². The Hall–Kier alpha value is -3.08. The average Bonchev–Trinajstić information content (AvgIpc) is 3.06. The smallest absolute Gasteiger partial charge is 0.227 e. The van der Waals surface area contributed by atoms with Crippen LogP contribution in [0.1, 0.15) is 77.0 Å². The highest BCUT2D eigenvalue weighted by Gasteiger charge is 2.21. The number of aromatic amines is 1. The molecule has 2 aliphatic carbocycles. The van der Waals surface area contributed by atoms with E-state index >= 15 is 0 Å². The van der Waals surface area contributed by atoms with Crippen LogP contribution in [0.3, 0.4) is 0 Å². The Balaban J connectivity index is 1.24. The molecule has 0 aliphatic heterocycles. The molecule has 2 saturated carbocycles. The van der Waals surface area contributed by atoms with E-state index in [1.165, 1.54) is 25.7 Å². The van der Waals surface area contributed by atoms with Gasteiger partial charge in [-0.05, 0) is 67.6 Å². The van der Waals surface area contributed by atoms with Crippen LogP contribution >= 0.6 is 0 Å². The Labute approximate surface area is 208 Å². The Morgan fingerprint density at radius 2 is 1.14 bits per heavy atom. The summed E-state index contributed by atoms with van der Waals surface area (Å²) in [5.74, 6) is 0.590. The standard InChI is InChI=1S/C30H37N3O2/c34-29(22-9-5-1-2-6-10-22)31-25-15-13-21(14-16-25)28-20-24-19-26(17-18-27(24)33-28)32-30(35)23-11-7-3-4-8-12-23/h13-20,22-23,33H,1-12H2,(H,31,34)(H,32,35). The van der Waals surface area contributed by atoms with Crippen LogP contribution < -0.4 is 10.6 Å². The molecule has 5 rings (SSSR count). The van der Waals surface area contributed by atoms with Gasteiger partial charge in [-0.2, -0.15) is 0 Å². The summed E-state index contributed by atoms with van der Waals surface area (Å²) >= 11 is 0. The average molecular weight is 472 g/mol. The lowest BCUT2D eigenvalue weighted by molar-refractivity contribution is -0.121. The summed E-state index contributed by atoms with van der Waals surface area (Å²) in [6, 6.07) is 16.2. The van der Waals surface area contributed by atoms with E-state index in [0.717, 1.165) is 84.9 Å². The molecule has 0 bridgehead atoms. The number of fused-ring (bicyclic) bond motifs is 1. The van der Waals surface area contributed by atoms with E-state index < -0.39 is 0 Å². The van der Waals surface area contributed by atoms with Gasteiger partial charge in [-0.15, -0.1) is 0 Å². The molecule has 2 fully saturated rings. The van der Waals surface area contributed by atoms with Crippen molar-refractivity contribution < 1.29 is 9.59 Å². The van der Waals surface area contributed by atoms with Crippen molar-refractivity contribution in [1.29, 1.82) is 0 Å². The van der Waals surface area contributed by atoms with Gasteiger partial charge in [-0.1, -0.05) is 63.5 Å². The first kappa shape index (κ1) is 23.7. The van der Waals surface area contributed by atoms with Gasteiger partial charge in [0.05, 0.1) is 0 Å². The number of hydrogen-bond acceptors (Lipinski definition) is 2. The summed E-state index contributed by atoms with van der Waals surface area (Å²) < 4.78 is 0. The molecule has 2 amide bonds. The molecular formula is C30H37N3O2. The minimum atomic E-state index is 0.136. The summed E-state index contributed by atoms with van der Waals surface area (Å²) in [4.78, 5) is 28.9. The van der Waals surface area contributed by atoms with Crippen molar-refractivity contribution in [1.82, 2.24) is 4.98 Å². The summed E-state index contributed by atoms with van der Waals surface area (Å²) in [7, 11) is 0. The molecule has 2 aromatic carbocycles. The largest absolute Gasteiger partial charge is 0.355 e. The second-order valence-electron chi connectivity index (χ2n) is 10.4. The van der Waals surface area contributed by atoms with Crippen molar-refractivity contribution in [2.45, 2.75) is 77.0 Å². The third-order valence-corrected chi connectivity index (χ3v) is 7.80. The van der Waals surface area contributed by atoms with Crippen molar-refractivity contribution in [3.05, 3.63) is 48.5 Å². The molecule has 0 saturated heterocycles. The van der Waals surface area contributed by atoms with E-state index in [9.17, 15) is 9.59 Å². The number of amides is 2. The Morgan fingerprint density at radius 3 is 1.71 bits per heavy atom. The zero-order valence-corrected chi connectivity index (χ0v) is 20.6. The van der Waals surface area contributed by atoms with Gasteiger partial charge >= 0.3 is 0 Å². The van der Waals surface area contributed by atoms with E-state index in [-0.39, 0.29) is 23.7 Å². The Morgan fingerprint density at radius 1 is 0.629 bits per heavy atom. The summed E-state index contributed by atoms with van der Waals surface area (Å²) in [6.07, 6.45) is 13.6. The van der Waals surface area contributed by atoms with Crippen LogP contribution in [0, 0.1) is 11.8 Å². The number of carbonyl (C=O) groups is 2. The normalized spacial score (nSPS) is 18.1. The Kier molecular flexibility index (Phi) is 7.51. The Bertz CT molecular complexity index is 1150. The molecule has 184 valence electrons. The molecule has 0 atom stereocenters. The molecule has 2 aliphatic rings. The maximum atomic E-state index is 12.8. The molecule has 1 aromatic heterocycles. The van der Waals surface area contributed by atoms with Crippen LogP contribution in [0.2, 0.25) is 0 Å². The molecule has 3 aromatic rings. The summed E-state index contributed by atoms with van der Waals surface area (Å²) in [5, 5.41) is 7.33. The van der Waals surface area contributed by atoms with Gasteiger partial charge in [-0.25, -0.2) is 0 Å². The number of aromatic nitrogens is 1. The maximum absolute atomic E-state index is 12.8. The zero-order valence-electron chi connectivity index (χ0n) is 20.6. The molecule has 0 unspecified atom stereocenters.